The molecule has 4 aliphatic rings. The molecule has 2 heterocycles. The molecule has 32 heavy (non-hydrogen) atoms. The summed E-state index contributed by atoms with van der Waals surface area (Å²) in [6.45, 7) is 4.79. The molecule has 6 rings (SSSR count). The Balaban J connectivity index is 1.20. The first-order valence-corrected chi connectivity index (χ1v) is 12.7. The van der Waals surface area contributed by atoms with Crippen LogP contribution in [0.5, 0.6) is 0 Å². The van der Waals surface area contributed by atoms with Crippen LogP contribution in [-0.4, -0.2) is 36.2 Å². The van der Waals surface area contributed by atoms with Gasteiger partial charge in [0.05, 0.1) is 18.0 Å². The standard InChI is InChI=1S/C26H36N4O2/c1-25(32)9-7-17-16(11-25)3-4-19-18(17)8-10-26(2)20(19)5-6-21(26)24(31)14-30-23-13-27-15-28-22(23)12-29-30/h12-13,15-21,32H,3-11,14H2,1-2H3/t16-,17+,18-,19-,20+,21+,25-,26+/m1/s1. The van der Waals surface area contributed by atoms with E-state index < -0.39 is 5.60 Å². The van der Waals surface area contributed by atoms with Crippen molar-refractivity contribution in [1.82, 2.24) is 19.7 Å². The fourth-order valence-electron chi connectivity index (χ4n) is 8.81. The molecule has 0 aliphatic heterocycles. The SMILES string of the molecule is C[C@@]1(O)CC[C@H]2[C@H](CC[C@@H]3[C@@H]2CC[C@]2(C)[C@H](C(=O)Cn4ncc5ncncc54)CC[C@@H]32)C1. The molecule has 0 unspecified atom stereocenters. The second-order valence-electron chi connectivity index (χ2n) is 11.9. The molecule has 2 aromatic rings. The summed E-state index contributed by atoms with van der Waals surface area (Å²) in [5.74, 6) is 4.24. The van der Waals surface area contributed by atoms with Gasteiger partial charge in [0.15, 0.2) is 5.78 Å². The Morgan fingerprint density at radius 1 is 1.06 bits per heavy atom. The minimum absolute atomic E-state index is 0.130. The number of carbonyl (C=O) groups is 1. The van der Waals surface area contributed by atoms with Gasteiger partial charge >= 0.3 is 0 Å². The van der Waals surface area contributed by atoms with Crippen molar-refractivity contribution in [3.8, 4) is 0 Å². The van der Waals surface area contributed by atoms with Crippen molar-refractivity contribution in [1.29, 1.82) is 0 Å². The summed E-state index contributed by atoms with van der Waals surface area (Å²) in [6, 6.07) is 0. The van der Waals surface area contributed by atoms with Crippen LogP contribution in [0.25, 0.3) is 11.0 Å². The van der Waals surface area contributed by atoms with Crippen LogP contribution < -0.4 is 0 Å². The van der Waals surface area contributed by atoms with E-state index in [-0.39, 0.29) is 11.3 Å². The van der Waals surface area contributed by atoms with Gasteiger partial charge in [-0.2, -0.15) is 5.10 Å². The Kier molecular flexibility index (Phi) is 4.76. The van der Waals surface area contributed by atoms with E-state index in [4.69, 9.17) is 0 Å². The molecule has 2 aromatic heterocycles. The minimum atomic E-state index is -0.455. The maximum absolute atomic E-state index is 13.5. The third-order valence-electron chi connectivity index (χ3n) is 10.3. The van der Waals surface area contributed by atoms with E-state index in [0.717, 1.165) is 48.0 Å². The lowest BCUT2D eigenvalue weighted by Gasteiger charge is -2.56. The molecule has 4 fully saturated rings. The first kappa shape index (κ1) is 20.8. The Bertz CT molecular complexity index is 1030. The molecule has 0 spiro atoms. The molecule has 1 N–H and O–H groups in total. The van der Waals surface area contributed by atoms with Crippen LogP contribution in [0.3, 0.4) is 0 Å². The van der Waals surface area contributed by atoms with Crippen molar-refractivity contribution in [3.05, 3.63) is 18.7 Å². The van der Waals surface area contributed by atoms with Crippen LogP contribution in [0, 0.1) is 40.9 Å². The number of rotatable bonds is 3. The van der Waals surface area contributed by atoms with Crippen LogP contribution in [0.1, 0.15) is 71.6 Å². The maximum atomic E-state index is 13.5. The molecule has 4 saturated carbocycles. The summed E-state index contributed by atoms with van der Waals surface area (Å²) in [4.78, 5) is 21.9. The quantitative estimate of drug-likeness (QED) is 0.771. The number of ketones is 1. The molecule has 4 aliphatic carbocycles. The number of nitrogens with zero attached hydrogens (tertiary/aromatic N) is 4. The Labute approximate surface area is 190 Å². The molecule has 0 aromatic carbocycles. The van der Waals surface area contributed by atoms with Gasteiger partial charge in [0.2, 0.25) is 0 Å². The van der Waals surface area contributed by atoms with Gasteiger partial charge < -0.3 is 5.11 Å². The predicted molar refractivity (Wildman–Crippen MR) is 122 cm³/mol. The number of hydrogen-bond acceptors (Lipinski definition) is 5. The monoisotopic (exact) mass is 436 g/mol. The number of hydrogen-bond donors (Lipinski definition) is 1. The van der Waals surface area contributed by atoms with E-state index >= 15 is 0 Å². The molecule has 0 bridgehead atoms. The fraction of sp³-hybridized carbons (Fsp3) is 0.769. The molecule has 0 saturated heterocycles. The molecule has 8 atom stereocenters. The van der Waals surface area contributed by atoms with Crippen molar-refractivity contribution in [2.45, 2.75) is 83.8 Å². The van der Waals surface area contributed by atoms with Crippen molar-refractivity contribution in [2.75, 3.05) is 0 Å². The smallest absolute Gasteiger partial charge is 0.157 e. The highest BCUT2D eigenvalue weighted by Gasteiger charge is 2.58. The summed E-state index contributed by atoms with van der Waals surface area (Å²) >= 11 is 0. The topological polar surface area (TPSA) is 80.9 Å². The number of fused-ring (bicyclic) bond motifs is 6. The van der Waals surface area contributed by atoms with E-state index in [1.54, 1.807) is 17.1 Å². The van der Waals surface area contributed by atoms with Gasteiger partial charge in [-0.05, 0) is 99.7 Å². The summed E-state index contributed by atoms with van der Waals surface area (Å²) in [5, 5.41) is 15.0. The zero-order valence-electron chi connectivity index (χ0n) is 19.4. The lowest BCUT2D eigenvalue weighted by atomic mass is 9.49. The van der Waals surface area contributed by atoms with Crippen LogP contribution in [-0.2, 0) is 11.3 Å². The van der Waals surface area contributed by atoms with Crippen molar-refractivity contribution in [2.24, 2.45) is 40.9 Å². The summed E-state index contributed by atoms with van der Waals surface area (Å²) in [6.07, 6.45) is 15.4. The Morgan fingerprint density at radius 3 is 2.78 bits per heavy atom. The van der Waals surface area contributed by atoms with Gasteiger partial charge in [-0.3, -0.25) is 9.48 Å². The largest absolute Gasteiger partial charge is 0.390 e. The van der Waals surface area contributed by atoms with Gasteiger partial charge in [0, 0.05) is 5.92 Å². The summed E-state index contributed by atoms with van der Waals surface area (Å²) in [7, 11) is 0. The second kappa shape index (κ2) is 7.34. The first-order chi connectivity index (χ1) is 15.4. The number of aliphatic hydroxyl groups is 1. The predicted octanol–water partition coefficient (Wildman–Crippen LogP) is 4.42. The lowest BCUT2D eigenvalue weighted by Crippen LogP contribution is -2.51. The third-order valence-corrected chi connectivity index (χ3v) is 10.3. The highest BCUT2D eigenvalue weighted by molar-refractivity contribution is 5.84. The second-order valence-corrected chi connectivity index (χ2v) is 11.9. The van der Waals surface area contributed by atoms with Crippen molar-refractivity contribution < 1.29 is 9.90 Å². The van der Waals surface area contributed by atoms with Gasteiger partial charge in [-0.15, -0.1) is 0 Å². The van der Waals surface area contributed by atoms with Crippen molar-refractivity contribution >= 4 is 16.8 Å². The molecular formula is C26H36N4O2. The molecule has 6 heteroatoms. The van der Waals surface area contributed by atoms with Gasteiger partial charge in [-0.25, -0.2) is 9.97 Å². The number of aromatic nitrogens is 4. The summed E-state index contributed by atoms with van der Waals surface area (Å²) in [5.41, 5.74) is 1.32. The highest BCUT2D eigenvalue weighted by atomic mass is 16.3. The molecule has 6 nitrogen and oxygen atoms in total. The Hall–Kier alpha value is -1.82. The zero-order valence-corrected chi connectivity index (χ0v) is 19.4. The van der Waals surface area contributed by atoms with E-state index in [0.29, 0.717) is 24.2 Å². The van der Waals surface area contributed by atoms with Crippen LogP contribution in [0.4, 0.5) is 0 Å². The van der Waals surface area contributed by atoms with Gasteiger partial charge in [0.1, 0.15) is 23.9 Å². The molecular weight excluding hydrogens is 400 g/mol. The highest BCUT2D eigenvalue weighted by Crippen LogP contribution is 2.64. The maximum Gasteiger partial charge on any atom is 0.157 e. The van der Waals surface area contributed by atoms with E-state index in [1.807, 2.05) is 6.92 Å². The van der Waals surface area contributed by atoms with Crippen LogP contribution in [0.15, 0.2) is 18.7 Å². The number of carbonyl (C=O) groups excluding carboxylic acids is 1. The van der Waals surface area contributed by atoms with Gasteiger partial charge in [-0.1, -0.05) is 6.92 Å². The normalized spacial score (nSPS) is 43.5. The summed E-state index contributed by atoms with van der Waals surface area (Å²) < 4.78 is 1.79. The van der Waals surface area contributed by atoms with E-state index in [1.165, 1.54) is 44.9 Å². The van der Waals surface area contributed by atoms with Crippen LogP contribution in [0.2, 0.25) is 0 Å². The average molecular weight is 437 g/mol. The van der Waals surface area contributed by atoms with Crippen LogP contribution >= 0.6 is 0 Å². The van der Waals surface area contributed by atoms with E-state index in [9.17, 15) is 9.90 Å². The molecule has 172 valence electrons. The average Bonchev–Trinajstić information content (AvgIpc) is 3.33. The molecule has 0 radical (unpaired) electrons. The van der Waals surface area contributed by atoms with Gasteiger partial charge in [0.25, 0.3) is 0 Å². The Morgan fingerprint density at radius 2 is 1.91 bits per heavy atom. The lowest BCUT2D eigenvalue weighted by molar-refractivity contribution is -0.133. The fourth-order valence-corrected chi connectivity index (χ4v) is 8.81. The number of Topliss-reactive ketones (excluding diaryl/α,β-unsaturated/α-hetero) is 1. The van der Waals surface area contributed by atoms with Crippen molar-refractivity contribution in [3.63, 3.8) is 0 Å². The first-order valence-electron chi connectivity index (χ1n) is 12.7. The zero-order chi connectivity index (χ0) is 22.1. The molecule has 0 amide bonds. The third kappa shape index (κ3) is 3.16. The minimum Gasteiger partial charge on any atom is -0.390 e. The van der Waals surface area contributed by atoms with E-state index in [2.05, 4.69) is 22.0 Å².